The van der Waals surface area contributed by atoms with E-state index in [1.807, 2.05) is 19.2 Å². The molecule has 0 spiro atoms. The molecule has 8 nitrogen and oxygen atoms in total. The zero-order valence-electron chi connectivity index (χ0n) is 17.4. The lowest BCUT2D eigenvalue weighted by molar-refractivity contribution is -0.121. The van der Waals surface area contributed by atoms with Crippen molar-refractivity contribution in [2.75, 3.05) is 37.3 Å². The SMILES string of the molecule is CN1C[C@H](C(=O)Nc2cccc(NC(=O)NCCC(N)=O)c2)[C@@H](C2C=CC(Cl)=CC2)C1. The first-order valence-electron chi connectivity index (χ1n) is 10.3. The van der Waals surface area contributed by atoms with Crippen molar-refractivity contribution in [1.29, 1.82) is 0 Å². The number of nitrogens with two attached hydrogens (primary N) is 1. The number of nitrogens with one attached hydrogen (secondary N) is 3. The van der Waals surface area contributed by atoms with Crippen molar-refractivity contribution in [3.8, 4) is 0 Å². The van der Waals surface area contributed by atoms with E-state index in [4.69, 9.17) is 17.3 Å². The van der Waals surface area contributed by atoms with Crippen LogP contribution in [0.1, 0.15) is 12.8 Å². The lowest BCUT2D eigenvalue weighted by atomic mass is 9.80. The molecule has 3 rings (SSSR count). The molecule has 1 aliphatic carbocycles. The molecule has 1 saturated heterocycles. The Morgan fingerprint density at radius 1 is 1.19 bits per heavy atom. The topological polar surface area (TPSA) is 117 Å². The van der Waals surface area contributed by atoms with Crippen LogP contribution >= 0.6 is 11.6 Å². The maximum atomic E-state index is 13.1. The van der Waals surface area contributed by atoms with E-state index in [1.54, 1.807) is 24.3 Å². The fraction of sp³-hybridized carbons (Fsp3) is 0.409. The zero-order valence-corrected chi connectivity index (χ0v) is 18.2. The average molecular weight is 446 g/mol. The number of anilines is 2. The van der Waals surface area contributed by atoms with Crippen LogP contribution in [-0.2, 0) is 9.59 Å². The Morgan fingerprint density at radius 3 is 2.61 bits per heavy atom. The molecule has 1 heterocycles. The molecule has 5 N–H and O–H groups in total. The van der Waals surface area contributed by atoms with E-state index in [0.717, 1.165) is 18.0 Å². The number of hydrogen-bond acceptors (Lipinski definition) is 4. The number of hydrogen-bond donors (Lipinski definition) is 4. The Hall–Kier alpha value is -2.84. The van der Waals surface area contributed by atoms with Crippen molar-refractivity contribution in [1.82, 2.24) is 10.2 Å². The molecule has 9 heteroatoms. The maximum Gasteiger partial charge on any atom is 0.319 e. The van der Waals surface area contributed by atoms with E-state index >= 15 is 0 Å². The van der Waals surface area contributed by atoms with Gasteiger partial charge < -0.3 is 26.6 Å². The second kappa shape index (κ2) is 10.5. The molecule has 166 valence electrons. The summed E-state index contributed by atoms with van der Waals surface area (Å²) in [5.74, 6) is -0.172. The molecule has 1 fully saturated rings. The molecule has 2 aliphatic rings. The Bertz CT molecular complexity index is 901. The van der Waals surface area contributed by atoms with Gasteiger partial charge in [-0.2, -0.15) is 0 Å². The normalized spacial score (nSPS) is 23.2. The average Bonchev–Trinajstić information content (AvgIpc) is 3.10. The van der Waals surface area contributed by atoms with Crippen molar-refractivity contribution in [3.63, 3.8) is 0 Å². The number of halogens is 1. The predicted molar refractivity (Wildman–Crippen MR) is 122 cm³/mol. The lowest BCUT2D eigenvalue weighted by Gasteiger charge is -2.26. The standard InChI is InChI=1S/C22H28ClN5O3/c1-28-12-18(14-5-7-15(23)8-6-14)19(13-28)21(30)26-16-3-2-4-17(11-16)27-22(31)25-10-9-20(24)29/h2-5,7-8,11,14,18-19H,6,9-10,12-13H2,1H3,(H2,24,29)(H,26,30)(H2,25,27,31)/t14?,18-,19+/m1/s1. The molecule has 0 bridgehead atoms. The van der Waals surface area contributed by atoms with E-state index in [2.05, 4.69) is 26.9 Å². The van der Waals surface area contributed by atoms with Crippen LogP contribution < -0.4 is 21.7 Å². The van der Waals surface area contributed by atoms with Crippen LogP contribution in [0.2, 0.25) is 0 Å². The van der Waals surface area contributed by atoms with Crippen LogP contribution in [0.5, 0.6) is 0 Å². The summed E-state index contributed by atoms with van der Waals surface area (Å²) in [6.45, 7) is 1.70. The van der Waals surface area contributed by atoms with Gasteiger partial charge in [0.05, 0.1) is 5.92 Å². The van der Waals surface area contributed by atoms with E-state index in [-0.39, 0.29) is 36.6 Å². The largest absolute Gasteiger partial charge is 0.370 e. The van der Waals surface area contributed by atoms with Crippen LogP contribution in [-0.4, -0.2) is 49.4 Å². The minimum Gasteiger partial charge on any atom is -0.370 e. The van der Waals surface area contributed by atoms with E-state index < -0.39 is 11.9 Å². The van der Waals surface area contributed by atoms with Crippen LogP contribution in [0, 0.1) is 17.8 Å². The van der Waals surface area contributed by atoms with Gasteiger partial charge in [-0.05, 0) is 49.6 Å². The number of carbonyl (C=O) groups excluding carboxylic acids is 3. The summed E-state index contributed by atoms with van der Waals surface area (Å²) >= 11 is 6.05. The monoisotopic (exact) mass is 445 g/mol. The van der Waals surface area contributed by atoms with Crippen molar-refractivity contribution in [2.24, 2.45) is 23.5 Å². The minimum atomic E-state index is -0.483. The number of primary amides is 1. The van der Waals surface area contributed by atoms with Gasteiger partial charge >= 0.3 is 6.03 Å². The predicted octanol–water partition coefficient (Wildman–Crippen LogP) is 2.50. The Labute approximate surface area is 186 Å². The molecular formula is C22H28ClN5O3. The third-order valence-electron chi connectivity index (χ3n) is 5.57. The number of benzene rings is 1. The summed E-state index contributed by atoms with van der Waals surface area (Å²) in [5.41, 5.74) is 6.19. The molecule has 1 aromatic rings. The molecule has 3 atom stereocenters. The van der Waals surface area contributed by atoms with Crippen molar-refractivity contribution in [2.45, 2.75) is 12.8 Å². The summed E-state index contributed by atoms with van der Waals surface area (Å²) in [6.07, 6.45) is 6.92. The molecule has 0 radical (unpaired) electrons. The van der Waals surface area contributed by atoms with Gasteiger partial charge in [-0.25, -0.2) is 4.79 Å². The first-order valence-corrected chi connectivity index (χ1v) is 10.7. The number of carbonyl (C=O) groups is 3. The minimum absolute atomic E-state index is 0.0357. The zero-order chi connectivity index (χ0) is 22.4. The first-order chi connectivity index (χ1) is 14.8. The molecule has 1 aliphatic heterocycles. The fourth-order valence-electron chi connectivity index (χ4n) is 4.06. The smallest absolute Gasteiger partial charge is 0.319 e. The highest BCUT2D eigenvalue weighted by molar-refractivity contribution is 6.31. The highest BCUT2D eigenvalue weighted by Crippen LogP contribution is 2.35. The third kappa shape index (κ3) is 6.57. The summed E-state index contributed by atoms with van der Waals surface area (Å²) < 4.78 is 0. The van der Waals surface area contributed by atoms with Gasteiger partial charge in [0.15, 0.2) is 0 Å². The molecule has 4 amide bonds. The van der Waals surface area contributed by atoms with Gasteiger partial charge in [0.1, 0.15) is 0 Å². The number of allylic oxidation sites excluding steroid dienone is 4. The van der Waals surface area contributed by atoms with E-state index in [0.29, 0.717) is 17.9 Å². The fourth-order valence-corrected chi connectivity index (χ4v) is 4.22. The lowest BCUT2D eigenvalue weighted by Crippen LogP contribution is -2.32. The summed E-state index contributed by atoms with van der Waals surface area (Å²) in [7, 11) is 2.02. The Balaban J connectivity index is 1.59. The first kappa shape index (κ1) is 22.8. The number of likely N-dealkylation sites (tertiary alicyclic amines) is 1. The highest BCUT2D eigenvalue weighted by Gasteiger charge is 2.39. The van der Waals surface area contributed by atoms with Crippen LogP contribution in [0.15, 0.2) is 47.5 Å². The third-order valence-corrected chi connectivity index (χ3v) is 5.85. The highest BCUT2D eigenvalue weighted by atomic mass is 35.5. The van der Waals surface area contributed by atoms with Gasteiger partial charge in [-0.3, -0.25) is 9.59 Å². The molecule has 0 aromatic heterocycles. The maximum absolute atomic E-state index is 13.1. The number of nitrogens with zero attached hydrogens (tertiary/aromatic N) is 1. The van der Waals surface area contributed by atoms with Gasteiger partial charge in [0.2, 0.25) is 11.8 Å². The Morgan fingerprint density at radius 2 is 1.94 bits per heavy atom. The van der Waals surface area contributed by atoms with Gasteiger partial charge in [0, 0.05) is 42.5 Å². The summed E-state index contributed by atoms with van der Waals surface area (Å²) in [4.78, 5) is 37.9. The van der Waals surface area contributed by atoms with Gasteiger partial charge in [-0.1, -0.05) is 29.8 Å². The number of rotatable bonds is 7. The number of urea groups is 1. The second-order valence-electron chi connectivity index (χ2n) is 8.01. The van der Waals surface area contributed by atoms with E-state index in [1.165, 1.54) is 0 Å². The second-order valence-corrected chi connectivity index (χ2v) is 8.44. The Kier molecular flexibility index (Phi) is 7.70. The number of amides is 4. The van der Waals surface area contributed by atoms with Crippen LogP contribution in [0.3, 0.4) is 0 Å². The van der Waals surface area contributed by atoms with Crippen LogP contribution in [0.25, 0.3) is 0 Å². The molecular weight excluding hydrogens is 418 g/mol. The van der Waals surface area contributed by atoms with Gasteiger partial charge in [0.25, 0.3) is 0 Å². The van der Waals surface area contributed by atoms with Crippen molar-refractivity contribution >= 4 is 40.8 Å². The molecule has 31 heavy (non-hydrogen) atoms. The summed E-state index contributed by atoms with van der Waals surface area (Å²) in [5, 5.41) is 8.97. The van der Waals surface area contributed by atoms with Crippen molar-refractivity contribution in [3.05, 3.63) is 47.5 Å². The summed E-state index contributed by atoms with van der Waals surface area (Å²) in [6, 6.07) is 6.51. The quantitative estimate of drug-likeness (QED) is 0.515. The van der Waals surface area contributed by atoms with Crippen LogP contribution in [0.4, 0.5) is 16.2 Å². The van der Waals surface area contributed by atoms with E-state index in [9.17, 15) is 14.4 Å². The molecule has 0 saturated carbocycles. The molecule has 1 aromatic carbocycles. The molecule has 1 unspecified atom stereocenters. The van der Waals surface area contributed by atoms with Crippen molar-refractivity contribution < 1.29 is 14.4 Å². The van der Waals surface area contributed by atoms with Gasteiger partial charge in [-0.15, -0.1) is 0 Å².